The molecule has 1 aliphatic rings. The molecule has 3 unspecified atom stereocenters. The summed E-state index contributed by atoms with van der Waals surface area (Å²) < 4.78 is 31.4. The minimum atomic E-state index is -0.707. The second kappa shape index (κ2) is 5.10. The van der Waals surface area contributed by atoms with Crippen LogP contribution in [-0.2, 0) is 11.2 Å². The molecule has 1 fully saturated rings. The summed E-state index contributed by atoms with van der Waals surface area (Å²) in [5, 5.41) is 9.93. The molecule has 0 amide bonds. The van der Waals surface area contributed by atoms with Crippen LogP contribution in [0.15, 0.2) is 18.2 Å². The molecule has 1 aliphatic heterocycles. The zero-order chi connectivity index (χ0) is 12.4. The predicted molar refractivity (Wildman–Crippen MR) is 59.6 cm³/mol. The van der Waals surface area contributed by atoms with Gasteiger partial charge in [-0.15, -0.1) is 0 Å². The topological polar surface area (TPSA) is 29.5 Å². The molecule has 1 aromatic rings. The van der Waals surface area contributed by atoms with Gasteiger partial charge in [-0.1, -0.05) is 0 Å². The fraction of sp³-hybridized carbons (Fsp3) is 0.538. The molecule has 17 heavy (non-hydrogen) atoms. The van der Waals surface area contributed by atoms with Crippen LogP contribution >= 0.6 is 0 Å². The quantitative estimate of drug-likeness (QED) is 0.882. The van der Waals surface area contributed by atoms with Crippen LogP contribution in [0.5, 0.6) is 0 Å². The Kier molecular flexibility index (Phi) is 3.74. The average Bonchev–Trinajstić information content (AvgIpc) is 2.63. The molecule has 2 rings (SSSR count). The summed E-state index contributed by atoms with van der Waals surface area (Å²) in [4.78, 5) is 0. The SMILES string of the molecule is CC1CCC(C(O)Cc2cc(F)cc(F)c2)O1. The summed E-state index contributed by atoms with van der Waals surface area (Å²) in [7, 11) is 0. The van der Waals surface area contributed by atoms with E-state index in [4.69, 9.17) is 4.74 Å². The molecule has 1 saturated heterocycles. The van der Waals surface area contributed by atoms with Gasteiger partial charge in [-0.05, 0) is 37.5 Å². The average molecular weight is 242 g/mol. The molecule has 1 N–H and O–H groups in total. The standard InChI is InChI=1S/C13H16F2O2/c1-8-2-3-13(17-8)12(16)6-9-4-10(14)7-11(15)5-9/h4-5,7-8,12-13,16H,2-3,6H2,1H3. The van der Waals surface area contributed by atoms with Crippen molar-refractivity contribution in [2.75, 3.05) is 0 Å². The Balaban J connectivity index is 2.00. The minimum absolute atomic E-state index is 0.152. The van der Waals surface area contributed by atoms with Gasteiger partial charge in [0.05, 0.1) is 18.3 Å². The molecule has 1 heterocycles. The molecule has 3 atom stereocenters. The van der Waals surface area contributed by atoms with E-state index in [-0.39, 0.29) is 18.6 Å². The first-order chi connectivity index (χ1) is 8.04. The highest BCUT2D eigenvalue weighted by Crippen LogP contribution is 2.23. The van der Waals surface area contributed by atoms with Crippen molar-refractivity contribution >= 4 is 0 Å². The molecule has 0 spiro atoms. The van der Waals surface area contributed by atoms with Gasteiger partial charge in [-0.25, -0.2) is 8.78 Å². The van der Waals surface area contributed by atoms with Gasteiger partial charge < -0.3 is 9.84 Å². The smallest absolute Gasteiger partial charge is 0.126 e. The van der Waals surface area contributed by atoms with E-state index >= 15 is 0 Å². The van der Waals surface area contributed by atoms with Crippen LogP contribution in [0.4, 0.5) is 8.78 Å². The van der Waals surface area contributed by atoms with Crippen molar-refractivity contribution in [1.29, 1.82) is 0 Å². The van der Waals surface area contributed by atoms with Crippen molar-refractivity contribution in [3.63, 3.8) is 0 Å². The lowest BCUT2D eigenvalue weighted by atomic mass is 10.0. The Bertz CT molecular complexity index is 375. The summed E-state index contributed by atoms with van der Waals surface area (Å²) in [6.45, 7) is 1.95. The Morgan fingerprint density at radius 1 is 1.29 bits per heavy atom. The lowest BCUT2D eigenvalue weighted by molar-refractivity contribution is -0.0278. The second-order valence-electron chi connectivity index (χ2n) is 4.61. The van der Waals surface area contributed by atoms with Crippen molar-refractivity contribution in [2.45, 2.75) is 44.5 Å². The zero-order valence-corrected chi connectivity index (χ0v) is 9.70. The van der Waals surface area contributed by atoms with Crippen LogP contribution in [0.2, 0.25) is 0 Å². The molecule has 0 aromatic heterocycles. The van der Waals surface area contributed by atoms with Gasteiger partial charge in [0, 0.05) is 12.5 Å². The van der Waals surface area contributed by atoms with E-state index in [1.54, 1.807) is 0 Å². The summed E-state index contributed by atoms with van der Waals surface area (Å²) in [5.74, 6) is -1.24. The van der Waals surface area contributed by atoms with E-state index in [0.29, 0.717) is 5.56 Å². The Morgan fingerprint density at radius 3 is 2.47 bits per heavy atom. The van der Waals surface area contributed by atoms with Gasteiger partial charge in [0.25, 0.3) is 0 Å². The highest BCUT2D eigenvalue weighted by Gasteiger charge is 2.28. The molecular weight excluding hydrogens is 226 g/mol. The van der Waals surface area contributed by atoms with Gasteiger partial charge in [-0.3, -0.25) is 0 Å². The number of aliphatic hydroxyl groups excluding tert-OH is 1. The third-order valence-electron chi connectivity index (χ3n) is 3.06. The summed E-state index contributed by atoms with van der Waals surface area (Å²) in [5.41, 5.74) is 0.457. The van der Waals surface area contributed by atoms with Gasteiger partial charge in [0.1, 0.15) is 11.6 Å². The summed E-state index contributed by atoms with van der Waals surface area (Å²) in [6, 6.07) is 3.30. The maximum Gasteiger partial charge on any atom is 0.126 e. The van der Waals surface area contributed by atoms with Crippen molar-refractivity contribution in [3.05, 3.63) is 35.4 Å². The first kappa shape index (κ1) is 12.5. The molecule has 0 radical (unpaired) electrons. The first-order valence-corrected chi connectivity index (χ1v) is 5.83. The lowest BCUT2D eigenvalue weighted by Gasteiger charge is -2.18. The van der Waals surface area contributed by atoms with Crippen LogP contribution < -0.4 is 0 Å². The van der Waals surface area contributed by atoms with Crippen LogP contribution in [0.1, 0.15) is 25.3 Å². The Hall–Kier alpha value is -1.00. The third kappa shape index (κ3) is 3.23. The van der Waals surface area contributed by atoms with E-state index in [0.717, 1.165) is 18.9 Å². The lowest BCUT2D eigenvalue weighted by Crippen LogP contribution is -2.28. The van der Waals surface area contributed by atoms with Crippen molar-refractivity contribution in [2.24, 2.45) is 0 Å². The largest absolute Gasteiger partial charge is 0.390 e. The normalized spacial score (nSPS) is 26.1. The number of aliphatic hydroxyl groups is 1. The summed E-state index contributed by atoms with van der Waals surface area (Å²) >= 11 is 0. The van der Waals surface area contributed by atoms with E-state index in [1.807, 2.05) is 6.92 Å². The van der Waals surface area contributed by atoms with E-state index in [9.17, 15) is 13.9 Å². The maximum absolute atomic E-state index is 13.0. The number of benzene rings is 1. The number of hydrogen-bond acceptors (Lipinski definition) is 2. The predicted octanol–water partition coefficient (Wildman–Crippen LogP) is 2.44. The van der Waals surface area contributed by atoms with Gasteiger partial charge in [-0.2, -0.15) is 0 Å². The van der Waals surface area contributed by atoms with Crippen molar-refractivity contribution in [3.8, 4) is 0 Å². The molecular formula is C13H16F2O2. The van der Waals surface area contributed by atoms with E-state index in [2.05, 4.69) is 0 Å². The third-order valence-corrected chi connectivity index (χ3v) is 3.06. The number of hydrogen-bond donors (Lipinski definition) is 1. The van der Waals surface area contributed by atoms with E-state index < -0.39 is 17.7 Å². The van der Waals surface area contributed by atoms with Gasteiger partial charge >= 0.3 is 0 Å². The monoisotopic (exact) mass is 242 g/mol. The molecule has 4 heteroatoms. The van der Waals surface area contributed by atoms with Crippen molar-refractivity contribution in [1.82, 2.24) is 0 Å². The van der Waals surface area contributed by atoms with Gasteiger partial charge in [0.2, 0.25) is 0 Å². The molecule has 0 saturated carbocycles. The molecule has 94 valence electrons. The van der Waals surface area contributed by atoms with Crippen LogP contribution in [0.25, 0.3) is 0 Å². The molecule has 0 bridgehead atoms. The minimum Gasteiger partial charge on any atom is -0.390 e. The van der Waals surface area contributed by atoms with E-state index in [1.165, 1.54) is 12.1 Å². The number of halogens is 2. The highest BCUT2D eigenvalue weighted by molar-refractivity contribution is 5.18. The number of rotatable bonds is 3. The van der Waals surface area contributed by atoms with Crippen LogP contribution in [0, 0.1) is 11.6 Å². The Morgan fingerprint density at radius 2 is 1.94 bits per heavy atom. The highest BCUT2D eigenvalue weighted by atomic mass is 19.1. The second-order valence-corrected chi connectivity index (χ2v) is 4.61. The maximum atomic E-state index is 13.0. The van der Waals surface area contributed by atoms with Crippen LogP contribution in [-0.4, -0.2) is 23.4 Å². The fourth-order valence-electron chi connectivity index (χ4n) is 2.22. The van der Waals surface area contributed by atoms with Gasteiger partial charge in [0.15, 0.2) is 0 Å². The molecule has 0 aliphatic carbocycles. The van der Waals surface area contributed by atoms with Crippen LogP contribution in [0.3, 0.4) is 0 Å². The summed E-state index contributed by atoms with van der Waals surface area (Å²) in [6.07, 6.45) is 1.14. The number of ether oxygens (including phenoxy) is 1. The zero-order valence-electron chi connectivity index (χ0n) is 9.70. The molecule has 1 aromatic carbocycles. The fourth-order valence-corrected chi connectivity index (χ4v) is 2.22. The first-order valence-electron chi connectivity index (χ1n) is 5.83. The molecule has 2 nitrogen and oxygen atoms in total. The Labute approximate surface area is 99.2 Å². The van der Waals surface area contributed by atoms with Crippen molar-refractivity contribution < 1.29 is 18.6 Å².